The first-order valence-corrected chi connectivity index (χ1v) is 3.17. The van der Waals surface area contributed by atoms with Crippen LogP contribution < -0.4 is 4.74 Å². The van der Waals surface area contributed by atoms with Crippen molar-refractivity contribution in [2.24, 2.45) is 0 Å². The van der Waals surface area contributed by atoms with E-state index in [9.17, 15) is 0 Å². The molecule has 0 fully saturated rings. The number of rotatable bonds is 2. The molecule has 0 heterocycles. The molecule has 1 heteroatoms. The first-order valence-electron chi connectivity index (χ1n) is 3.17. The smallest absolute Gasteiger partial charge is 0.126 e. The Morgan fingerprint density at radius 1 is 1.40 bits per heavy atom. The van der Waals surface area contributed by atoms with E-state index in [2.05, 4.69) is 6.07 Å². The maximum atomic E-state index is 5.15. The highest BCUT2D eigenvalue weighted by molar-refractivity contribution is 5.21. The Labute approximate surface area is 61.0 Å². The Balaban J connectivity index is 2.59. The fraction of sp³-hybridized carbons (Fsp3) is 0.111. The summed E-state index contributed by atoms with van der Waals surface area (Å²) in [5, 5.41) is 0. The van der Waals surface area contributed by atoms with Crippen molar-refractivity contribution in [3.8, 4) is 5.75 Å². The summed E-state index contributed by atoms with van der Waals surface area (Å²) in [4.78, 5) is 0. The summed E-state index contributed by atoms with van der Waals surface area (Å²) >= 11 is 0. The first-order chi connectivity index (χ1) is 4.93. The molecule has 0 atom stereocenters. The lowest BCUT2D eigenvalue weighted by atomic mass is 10.3. The highest BCUT2D eigenvalue weighted by Crippen LogP contribution is 2.07. The average molecular weight is 133 g/mol. The second-order valence-electron chi connectivity index (χ2n) is 1.82. The Hall–Kier alpha value is -1.24. The van der Waals surface area contributed by atoms with E-state index in [1.165, 1.54) is 0 Å². The van der Waals surface area contributed by atoms with Crippen LogP contribution in [0.15, 0.2) is 36.6 Å². The minimum atomic E-state index is 0.844. The quantitative estimate of drug-likeness (QED) is 0.563. The summed E-state index contributed by atoms with van der Waals surface area (Å²) in [7, 11) is 0. The summed E-state index contributed by atoms with van der Waals surface area (Å²) in [5.74, 6) is 0.844. The standard InChI is InChI=1S/C9H9O/c1-2-8-10-9-6-4-3-5-7-9/h2,4-8H,1H3/b8-2-. The van der Waals surface area contributed by atoms with Gasteiger partial charge in [-0.2, -0.15) is 0 Å². The van der Waals surface area contributed by atoms with Crippen molar-refractivity contribution in [1.29, 1.82) is 0 Å². The molecule has 0 aliphatic heterocycles. The van der Waals surface area contributed by atoms with Crippen LogP contribution >= 0.6 is 0 Å². The number of allylic oxidation sites excluding steroid dienone is 1. The molecule has 0 bridgehead atoms. The molecular weight excluding hydrogens is 124 g/mol. The molecule has 1 aromatic rings. The molecule has 0 aliphatic rings. The van der Waals surface area contributed by atoms with Crippen LogP contribution in [0.1, 0.15) is 6.92 Å². The number of ether oxygens (including phenoxy) is 1. The van der Waals surface area contributed by atoms with Gasteiger partial charge in [0, 0.05) is 0 Å². The lowest BCUT2D eigenvalue weighted by Gasteiger charge is -1.95. The van der Waals surface area contributed by atoms with Gasteiger partial charge in [-0.15, -0.1) is 0 Å². The third kappa shape index (κ3) is 1.94. The van der Waals surface area contributed by atoms with Gasteiger partial charge in [0.2, 0.25) is 0 Å². The molecule has 0 saturated carbocycles. The van der Waals surface area contributed by atoms with E-state index in [4.69, 9.17) is 4.74 Å². The summed E-state index contributed by atoms with van der Waals surface area (Å²) in [6.45, 7) is 1.91. The van der Waals surface area contributed by atoms with Gasteiger partial charge >= 0.3 is 0 Å². The Morgan fingerprint density at radius 2 is 2.10 bits per heavy atom. The predicted molar refractivity (Wildman–Crippen MR) is 40.7 cm³/mol. The molecule has 0 aromatic heterocycles. The van der Waals surface area contributed by atoms with E-state index < -0.39 is 0 Å². The molecule has 0 saturated heterocycles. The van der Waals surface area contributed by atoms with E-state index in [0.29, 0.717) is 0 Å². The van der Waals surface area contributed by atoms with Crippen LogP contribution in [0.25, 0.3) is 0 Å². The van der Waals surface area contributed by atoms with Crippen LogP contribution in [0.5, 0.6) is 5.75 Å². The molecule has 51 valence electrons. The molecule has 0 unspecified atom stereocenters. The van der Waals surface area contributed by atoms with Crippen LogP contribution in [0.3, 0.4) is 0 Å². The van der Waals surface area contributed by atoms with E-state index in [1.54, 1.807) is 6.26 Å². The van der Waals surface area contributed by atoms with Crippen molar-refractivity contribution < 1.29 is 4.74 Å². The van der Waals surface area contributed by atoms with Crippen molar-refractivity contribution >= 4 is 0 Å². The van der Waals surface area contributed by atoms with Gasteiger partial charge < -0.3 is 4.74 Å². The van der Waals surface area contributed by atoms with Gasteiger partial charge in [-0.05, 0) is 25.1 Å². The summed E-state index contributed by atoms with van der Waals surface area (Å²) in [5.41, 5.74) is 0. The second kappa shape index (κ2) is 3.72. The molecule has 0 spiro atoms. The van der Waals surface area contributed by atoms with Crippen molar-refractivity contribution in [1.82, 2.24) is 0 Å². The summed E-state index contributed by atoms with van der Waals surface area (Å²) in [6.07, 6.45) is 3.49. The monoisotopic (exact) mass is 133 g/mol. The first kappa shape index (κ1) is 6.87. The maximum Gasteiger partial charge on any atom is 0.126 e. The molecule has 0 amide bonds. The molecular formula is C9H9O. The van der Waals surface area contributed by atoms with Gasteiger partial charge in [-0.25, -0.2) is 0 Å². The fourth-order valence-electron chi connectivity index (χ4n) is 0.597. The highest BCUT2D eigenvalue weighted by Gasteiger charge is 1.83. The van der Waals surface area contributed by atoms with E-state index in [-0.39, 0.29) is 0 Å². The third-order valence-corrected chi connectivity index (χ3v) is 1.03. The Bertz CT molecular complexity index is 201. The van der Waals surface area contributed by atoms with Gasteiger partial charge in [0.15, 0.2) is 0 Å². The van der Waals surface area contributed by atoms with Crippen molar-refractivity contribution in [2.75, 3.05) is 0 Å². The molecule has 0 N–H and O–H groups in total. The molecule has 1 nitrogen and oxygen atoms in total. The van der Waals surface area contributed by atoms with Gasteiger partial charge in [-0.3, -0.25) is 0 Å². The average Bonchev–Trinajstić information content (AvgIpc) is 2.03. The van der Waals surface area contributed by atoms with Crippen LogP contribution in [0.2, 0.25) is 0 Å². The number of benzene rings is 1. The number of hydrogen-bond acceptors (Lipinski definition) is 1. The van der Waals surface area contributed by atoms with E-state index in [1.807, 2.05) is 37.3 Å². The van der Waals surface area contributed by atoms with Gasteiger partial charge in [0.1, 0.15) is 5.75 Å². The van der Waals surface area contributed by atoms with Crippen LogP contribution in [0.4, 0.5) is 0 Å². The largest absolute Gasteiger partial charge is 0.465 e. The van der Waals surface area contributed by atoms with Gasteiger partial charge in [0.25, 0.3) is 0 Å². The van der Waals surface area contributed by atoms with E-state index in [0.717, 1.165) is 5.75 Å². The summed E-state index contributed by atoms with van der Waals surface area (Å²) in [6, 6.07) is 10.3. The normalized spacial score (nSPS) is 10.1. The lowest BCUT2D eigenvalue weighted by molar-refractivity contribution is 0.480. The van der Waals surface area contributed by atoms with Crippen LogP contribution in [-0.2, 0) is 0 Å². The highest BCUT2D eigenvalue weighted by atomic mass is 16.5. The lowest BCUT2D eigenvalue weighted by Crippen LogP contribution is -1.78. The van der Waals surface area contributed by atoms with E-state index >= 15 is 0 Å². The molecule has 1 radical (unpaired) electrons. The SMILES string of the molecule is C/C=C\Oc1cc[c]cc1. The van der Waals surface area contributed by atoms with Crippen molar-refractivity contribution in [2.45, 2.75) is 6.92 Å². The fourth-order valence-corrected chi connectivity index (χ4v) is 0.597. The maximum absolute atomic E-state index is 5.15. The molecule has 10 heavy (non-hydrogen) atoms. The zero-order valence-corrected chi connectivity index (χ0v) is 5.87. The molecule has 0 aliphatic carbocycles. The predicted octanol–water partition coefficient (Wildman–Crippen LogP) is 2.40. The Morgan fingerprint density at radius 3 is 2.70 bits per heavy atom. The van der Waals surface area contributed by atoms with Gasteiger partial charge in [0.05, 0.1) is 6.26 Å². The zero-order chi connectivity index (χ0) is 7.23. The van der Waals surface area contributed by atoms with Gasteiger partial charge in [-0.1, -0.05) is 18.2 Å². The van der Waals surface area contributed by atoms with Crippen LogP contribution in [0, 0.1) is 6.07 Å². The molecule has 1 aromatic carbocycles. The topological polar surface area (TPSA) is 9.23 Å². The minimum Gasteiger partial charge on any atom is -0.465 e. The minimum absolute atomic E-state index is 0.844. The van der Waals surface area contributed by atoms with Crippen molar-refractivity contribution in [3.63, 3.8) is 0 Å². The molecule has 1 rings (SSSR count). The Kier molecular flexibility index (Phi) is 2.56. The third-order valence-electron chi connectivity index (χ3n) is 1.03. The number of hydrogen-bond donors (Lipinski definition) is 0. The zero-order valence-electron chi connectivity index (χ0n) is 5.87. The van der Waals surface area contributed by atoms with Crippen LogP contribution in [-0.4, -0.2) is 0 Å². The van der Waals surface area contributed by atoms with Crippen molar-refractivity contribution in [3.05, 3.63) is 42.7 Å². The summed E-state index contributed by atoms with van der Waals surface area (Å²) < 4.78 is 5.15. The second-order valence-corrected chi connectivity index (χ2v) is 1.82.